The lowest BCUT2D eigenvalue weighted by molar-refractivity contribution is 0.0953. The fourth-order valence-corrected chi connectivity index (χ4v) is 3.50. The molecule has 0 bridgehead atoms. The summed E-state index contributed by atoms with van der Waals surface area (Å²) >= 11 is 1.43. The molecule has 4 rings (SSSR count). The maximum atomic E-state index is 12.5. The Bertz CT molecular complexity index is 1090. The molecule has 0 radical (unpaired) electrons. The average molecular weight is 381 g/mol. The molecule has 0 aliphatic rings. The molecule has 0 saturated carbocycles. The van der Waals surface area contributed by atoms with Crippen LogP contribution in [0, 0.1) is 0 Å². The van der Waals surface area contributed by atoms with Crippen LogP contribution in [0.15, 0.2) is 42.0 Å². The third-order valence-corrected chi connectivity index (χ3v) is 5.02. The first-order chi connectivity index (χ1) is 13.1. The molecule has 138 valence electrons. The first-order valence-electron chi connectivity index (χ1n) is 8.56. The summed E-state index contributed by atoms with van der Waals surface area (Å²) < 4.78 is 3.80. The smallest absolute Gasteiger partial charge is 0.252 e. The Morgan fingerprint density at radius 3 is 2.93 bits per heavy atom. The first-order valence-corrected chi connectivity index (χ1v) is 9.44. The van der Waals surface area contributed by atoms with Crippen molar-refractivity contribution in [2.24, 2.45) is 7.05 Å². The molecular formula is C18H19N7OS. The molecule has 4 aromatic rings. The highest BCUT2D eigenvalue weighted by Crippen LogP contribution is 2.19. The zero-order chi connectivity index (χ0) is 18.8. The Hall–Kier alpha value is -3.20. The lowest BCUT2D eigenvalue weighted by Crippen LogP contribution is -2.25. The van der Waals surface area contributed by atoms with E-state index in [0.29, 0.717) is 28.7 Å². The summed E-state index contributed by atoms with van der Waals surface area (Å²) in [5.41, 5.74) is 8.78. The minimum Gasteiger partial charge on any atom is -0.375 e. The number of pyridine rings is 1. The van der Waals surface area contributed by atoms with Crippen molar-refractivity contribution >= 4 is 28.0 Å². The molecule has 9 heteroatoms. The number of carbonyl (C=O) groups is 1. The van der Waals surface area contributed by atoms with E-state index < -0.39 is 0 Å². The van der Waals surface area contributed by atoms with Gasteiger partial charge in [0.05, 0.1) is 17.0 Å². The summed E-state index contributed by atoms with van der Waals surface area (Å²) in [6.45, 7) is 0.571. The zero-order valence-electron chi connectivity index (χ0n) is 14.8. The third kappa shape index (κ3) is 3.54. The molecule has 1 amide bonds. The Kier molecular flexibility index (Phi) is 4.59. The minimum atomic E-state index is -0.124. The van der Waals surface area contributed by atoms with Crippen LogP contribution in [0.2, 0.25) is 0 Å². The van der Waals surface area contributed by atoms with Crippen molar-refractivity contribution in [3.63, 3.8) is 0 Å². The Morgan fingerprint density at radius 1 is 1.30 bits per heavy atom. The van der Waals surface area contributed by atoms with Crippen molar-refractivity contribution < 1.29 is 4.79 Å². The second kappa shape index (κ2) is 7.20. The van der Waals surface area contributed by atoms with Gasteiger partial charge in [-0.1, -0.05) is 0 Å². The van der Waals surface area contributed by atoms with E-state index in [4.69, 9.17) is 5.73 Å². The summed E-state index contributed by atoms with van der Waals surface area (Å²) in [7, 11) is 1.95. The van der Waals surface area contributed by atoms with E-state index in [2.05, 4.69) is 20.5 Å². The molecule has 0 saturated heterocycles. The van der Waals surface area contributed by atoms with Crippen LogP contribution in [0.3, 0.4) is 0 Å². The molecule has 0 aliphatic carbocycles. The van der Waals surface area contributed by atoms with Crippen molar-refractivity contribution in [1.29, 1.82) is 0 Å². The van der Waals surface area contributed by atoms with E-state index in [1.165, 1.54) is 11.3 Å². The lowest BCUT2D eigenvalue weighted by atomic mass is 10.2. The highest BCUT2D eigenvalue weighted by Gasteiger charge is 2.13. The van der Waals surface area contributed by atoms with Gasteiger partial charge in [-0.2, -0.15) is 0 Å². The SMILES string of the molecule is Cn1cccc1-c1nnc2ccc(C(=O)NCCCc3csc(N)n3)cn12. The van der Waals surface area contributed by atoms with Crippen LogP contribution in [-0.4, -0.2) is 36.6 Å². The van der Waals surface area contributed by atoms with Gasteiger partial charge in [0.15, 0.2) is 16.6 Å². The Balaban J connectivity index is 1.45. The van der Waals surface area contributed by atoms with Crippen molar-refractivity contribution in [1.82, 2.24) is 29.5 Å². The largest absolute Gasteiger partial charge is 0.375 e. The number of nitrogens with two attached hydrogens (primary N) is 1. The van der Waals surface area contributed by atoms with Gasteiger partial charge in [-0.25, -0.2) is 4.98 Å². The van der Waals surface area contributed by atoms with Crippen LogP contribution >= 0.6 is 11.3 Å². The van der Waals surface area contributed by atoms with Gasteiger partial charge in [0, 0.05) is 31.4 Å². The molecule has 27 heavy (non-hydrogen) atoms. The fraction of sp³-hybridized carbons (Fsp3) is 0.222. The maximum Gasteiger partial charge on any atom is 0.252 e. The highest BCUT2D eigenvalue weighted by atomic mass is 32.1. The molecule has 0 aliphatic heterocycles. The van der Waals surface area contributed by atoms with Crippen molar-refractivity contribution in [3.8, 4) is 11.5 Å². The topological polar surface area (TPSA) is 103 Å². The minimum absolute atomic E-state index is 0.124. The number of nitrogen functional groups attached to an aromatic ring is 1. The quantitative estimate of drug-likeness (QED) is 0.498. The monoisotopic (exact) mass is 381 g/mol. The number of carbonyl (C=O) groups excluding carboxylic acids is 1. The Labute approximate surface area is 159 Å². The van der Waals surface area contributed by atoms with E-state index in [-0.39, 0.29) is 5.91 Å². The number of anilines is 1. The van der Waals surface area contributed by atoms with E-state index in [1.807, 2.05) is 39.7 Å². The van der Waals surface area contributed by atoms with E-state index >= 15 is 0 Å². The predicted octanol–water partition coefficient (Wildman–Crippen LogP) is 2.14. The van der Waals surface area contributed by atoms with Crippen molar-refractivity contribution in [2.45, 2.75) is 12.8 Å². The number of amides is 1. The predicted molar refractivity (Wildman–Crippen MR) is 105 cm³/mol. The van der Waals surface area contributed by atoms with E-state index in [9.17, 15) is 4.79 Å². The number of rotatable bonds is 6. The van der Waals surface area contributed by atoms with Crippen LogP contribution in [0.1, 0.15) is 22.5 Å². The summed E-state index contributed by atoms with van der Waals surface area (Å²) in [4.78, 5) is 16.7. The van der Waals surface area contributed by atoms with Crippen LogP contribution in [-0.2, 0) is 13.5 Å². The standard InChI is InChI=1S/C18H19N7OS/c1-24-9-3-5-14(24)16-23-22-15-7-6-12(10-25(15)16)17(26)20-8-2-4-13-11-27-18(19)21-13/h3,5-7,9-11H,2,4,8H2,1H3,(H2,19,21)(H,20,26). The van der Waals surface area contributed by atoms with Gasteiger partial charge in [-0.3, -0.25) is 9.20 Å². The molecule has 3 N–H and O–H groups in total. The number of hydrogen-bond acceptors (Lipinski definition) is 6. The summed E-state index contributed by atoms with van der Waals surface area (Å²) in [6.07, 6.45) is 5.31. The Morgan fingerprint density at radius 2 is 2.19 bits per heavy atom. The molecule has 0 spiro atoms. The number of hydrogen-bond donors (Lipinski definition) is 2. The molecule has 4 heterocycles. The van der Waals surface area contributed by atoms with Gasteiger partial charge in [-0.05, 0) is 37.1 Å². The highest BCUT2D eigenvalue weighted by molar-refractivity contribution is 7.13. The van der Waals surface area contributed by atoms with Gasteiger partial charge in [0.2, 0.25) is 0 Å². The average Bonchev–Trinajstić information content (AvgIpc) is 3.37. The number of nitrogens with zero attached hydrogens (tertiary/aromatic N) is 5. The number of aryl methyl sites for hydroxylation is 2. The van der Waals surface area contributed by atoms with Crippen molar-refractivity contribution in [2.75, 3.05) is 12.3 Å². The number of fused-ring (bicyclic) bond motifs is 1. The van der Waals surface area contributed by atoms with E-state index in [1.54, 1.807) is 18.3 Å². The van der Waals surface area contributed by atoms with Gasteiger partial charge in [0.1, 0.15) is 0 Å². The normalized spacial score (nSPS) is 11.1. The van der Waals surface area contributed by atoms with Crippen LogP contribution < -0.4 is 11.1 Å². The zero-order valence-corrected chi connectivity index (χ0v) is 15.6. The molecule has 4 aromatic heterocycles. The second-order valence-electron chi connectivity index (χ2n) is 6.21. The number of nitrogens with one attached hydrogen (secondary N) is 1. The fourth-order valence-electron chi connectivity index (χ4n) is 2.90. The summed E-state index contributed by atoms with van der Waals surface area (Å²) in [5.74, 6) is 0.578. The van der Waals surface area contributed by atoms with Crippen LogP contribution in [0.25, 0.3) is 17.2 Å². The van der Waals surface area contributed by atoms with Crippen LogP contribution in [0.5, 0.6) is 0 Å². The summed E-state index contributed by atoms with van der Waals surface area (Å²) in [6, 6.07) is 7.47. The molecular weight excluding hydrogens is 362 g/mol. The molecule has 0 aromatic carbocycles. The lowest BCUT2D eigenvalue weighted by Gasteiger charge is -2.06. The van der Waals surface area contributed by atoms with Gasteiger partial charge >= 0.3 is 0 Å². The second-order valence-corrected chi connectivity index (χ2v) is 7.10. The number of aromatic nitrogens is 5. The van der Waals surface area contributed by atoms with Gasteiger partial charge < -0.3 is 15.6 Å². The van der Waals surface area contributed by atoms with Crippen LogP contribution in [0.4, 0.5) is 5.13 Å². The summed E-state index contributed by atoms with van der Waals surface area (Å²) in [5, 5.41) is 13.9. The molecule has 0 fully saturated rings. The van der Waals surface area contributed by atoms with Crippen molar-refractivity contribution in [3.05, 3.63) is 53.3 Å². The maximum absolute atomic E-state index is 12.5. The van der Waals surface area contributed by atoms with Gasteiger partial charge in [0.25, 0.3) is 5.91 Å². The number of thiazole rings is 1. The molecule has 0 atom stereocenters. The molecule has 8 nitrogen and oxygen atoms in total. The molecule has 0 unspecified atom stereocenters. The van der Waals surface area contributed by atoms with Gasteiger partial charge in [-0.15, -0.1) is 21.5 Å². The third-order valence-electron chi connectivity index (χ3n) is 4.30. The van der Waals surface area contributed by atoms with E-state index in [0.717, 1.165) is 24.2 Å². The first kappa shape index (κ1) is 17.2.